The van der Waals surface area contributed by atoms with Gasteiger partial charge in [-0.2, -0.15) is 9.61 Å². The highest BCUT2D eigenvalue weighted by atomic mass is 32.2. The van der Waals surface area contributed by atoms with Crippen molar-refractivity contribution in [3.05, 3.63) is 33.4 Å². The molecule has 0 saturated carbocycles. The predicted molar refractivity (Wildman–Crippen MR) is 80.5 cm³/mol. The zero-order chi connectivity index (χ0) is 14.8. The van der Waals surface area contributed by atoms with E-state index in [1.165, 1.54) is 33.7 Å². The van der Waals surface area contributed by atoms with Gasteiger partial charge in [-0.25, -0.2) is 4.98 Å². The fraction of sp³-hybridized carbons (Fsp3) is 0.364. The van der Waals surface area contributed by atoms with Crippen molar-refractivity contribution in [2.45, 2.75) is 24.4 Å². The Morgan fingerprint density at radius 3 is 3.10 bits per heavy atom. The lowest BCUT2D eigenvalue weighted by Gasteiger charge is -2.06. The minimum absolute atomic E-state index is 0.170. The van der Waals surface area contributed by atoms with Crippen LogP contribution in [0.5, 0.6) is 0 Å². The lowest BCUT2D eigenvalue weighted by atomic mass is 10.4. The van der Waals surface area contributed by atoms with E-state index in [9.17, 15) is 4.79 Å². The van der Waals surface area contributed by atoms with Gasteiger partial charge in [0.1, 0.15) is 11.3 Å². The zero-order valence-electron chi connectivity index (χ0n) is 11.3. The van der Waals surface area contributed by atoms with Gasteiger partial charge in [0.2, 0.25) is 4.96 Å². The van der Waals surface area contributed by atoms with E-state index in [1.54, 1.807) is 5.51 Å². The largest absolute Gasteiger partial charge is 0.329 e. The first-order valence-corrected chi connectivity index (χ1v) is 8.10. The van der Waals surface area contributed by atoms with E-state index in [-0.39, 0.29) is 5.56 Å². The molecular formula is C11H13N7OS2. The SMILES string of the molecule is Cc1nnc(SCc2cc(=O)n3ncsc3n2)n1CCN. The van der Waals surface area contributed by atoms with Crippen molar-refractivity contribution in [1.29, 1.82) is 0 Å². The van der Waals surface area contributed by atoms with Gasteiger partial charge in [0, 0.05) is 24.9 Å². The van der Waals surface area contributed by atoms with Crippen molar-refractivity contribution < 1.29 is 0 Å². The average Bonchev–Trinajstić information content (AvgIpc) is 3.06. The molecule has 110 valence electrons. The van der Waals surface area contributed by atoms with Crippen molar-refractivity contribution >= 4 is 28.1 Å². The second-order valence-electron chi connectivity index (χ2n) is 4.28. The summed E-state index contributed by atoms with van der Waals surface area (Å²) in [7, 11) is 0. The van der Waals surface area contributed by atoms with E-state index in [2.05, 4.69) is 20.3 Å². The first kappa shape index (κ1) is 14.2. The Kier molecular flexibility index (Phi) is 3.99. The van der Waals surface area contributed by atoms with Crippen molar-refractivity contribution in [1.82, 2.24) is 29.4 Å². The number of nitrogens with zero attached hydrogens (tertiary/aromatic N) is 6. The van der Waals surface area contributed by atoms with Crippen LogP contribution in [0.15, 0.2) is 21.5 Å². The van der Waals surface area contributed by atoms with Gasteiger partial charge in [0.25, 0.3) is 5.56 Å². The molecule has 0 aromatic carbocycles. The molecule has 10 heteroatoms. The maximum atomic E-state index is 11.9. The number of aromatic nitrogens is 6. The highest BCUT2D eigenvalue weighted by molar-refractivity contribution is 7.98. The molecule has 0 unspecified atom stereocenters. The summed E-state index contributed by atoms with van der Waals surface area (Å²) in [5.74, 6) is 1.38. The molecule has 0 aliphatic rings. The van der Waals surface area contributed by atoms with Crippen molar-refractivity contribution in [2.75, 3.05) is 6.54 Å². The monoisotopic (exact) mass is 323 g/mol. The Morgan fingerprint density at radius 1 is 1.43 bits per heavy atom. The maximum absolute atomic E-state index is 11.9. The highest BCUT2D eigenvalue weighted by Gasteiger charge is 2.10. The van der Waals surface area contributed by atoms with Crippen LogP contribution >= 0.6 is 23.1 Å². The molecule has 0 atom stereocenters. The van der Waals surface area contributed by atoms with Crippen molar-refractivity contribution in [3.63, 3.8) is 0 Å². The minimum Gasteiger partial charge on any atom is -0.329 e. The van der Waals surface area contributed by atoms with E-state index in [4.69, 9.17) is 5.73 Å². The van der Waals surface area contributed by atoms with Crippen LogP contribution < -0.4 is 11.3 Å². The third-order valence-electron chi connectivity index (χ3n) is 2.84. The Balaban J connectivity index is 1.81. The van der Waals surface area contributed by atoms with Gasteiger partial charge in [-0.15, -0.1) is 10.2 Å². The molecule has 0 amide bonds. The second-order valence-corrected chi connectivity index (χ2v) is 6.03. The van der Waals surface area contributed by atoms with E-state index in [0.29, 0.717) is 29.5 Å². The van der Waals surface area contributed by atoms with Gasteiger partial charge in [-0.1, -0.05) is 23.1 Å². The summed E-state index contributed by atoms with van der Waals surface area (Å²) in [6.07, 6.45) is 0. The van der Waals surface area contributed by atoms with Crippen LogP contribution in [-0.4, -0.2) is 35.9 Å². The predicted octanol–water partition coefficient (Wildman–Crippen LogP) is 0.302. The van der Waals surface area contributed by atoms with Crippen LogP contribution in [-0.2, 0) is 12.3 Å². The average molecular weight is 323 g/mol. The molecule has 0 bridgehead atoms. The second kappa shape index (κ2) is 5.92. The summed E-state index contributed by atoms with van der Waals surface area (Å²) in [5, 5.41) is 12.9. The molecule has 3 rings (SSSR count). The quantitative estimate of drug-likeness (QED) is 0.673. The molecule has 0 saturated heterocycles. The van der Waals surface area contributed by atoms with Crippen LogP contribution in [0.4, 0.5) is 0 Å². The van der Waals surface area contributed by atoms with Crippen LogP contribution in [0.2, 0.25) is 0 Å². The molecule has 21 heavy (non-hydrogen) atoms. The minimum atomic E-state index is -0.170. The van der Waals surface area contributed by atoms with E-state index in [0.717, 1.165) is 11.0 Å². The lowest BCUT2D eigenvalue weighted by Crippen LogP contribution is -2.15. The van der Waals surface area contributed by atoms with Crippen LogP contribution in [0, 0.1) is 6.92 Å². The molecule has 0 fully saturated rings. The molecule has 8 nitrogen and oxygen atoms in total. The Bertz CT molecular complexity index is 821. The Hall–Kier alpha value is -1.78. The number of hydrogen-bond acceptors (Lipinski definition) is 8. The summed E-state index contributed by atoms with van der Waals surface area (Å²) in [4.78, 5) is 16.9. The fourth-order valence-electron chi connectivity index (χ4n) is 1.87. The van der Waals surface area contributed by atoms with E-state index < -0.39 is 0 Å². The summed E-state index contributed by atoms with van der Waals surface area (Å²) >= 11 is 2.82. The molecule has 2 N–H and O–H groups in total. The Labute approximate surface area is 128 Å². The summed E-state index contributed by atoms with van der Waals surface area (Å²) in [5.41, 5.74) is 7.72. The van der Waals surface area contributed by atoms with Gasteiger partial charge < -0.3 is 10.3 Å². The smallest absolute Gasteiger partial charge is 0.275 e. The first-order valence-electron chi connectivity index (χ1n) is 6.24. The number of rotatable bonds is 5. The Morgan fingerprint density at radius 2 is 2.29 bits per heavy atom. The number of aryl methyl sites for hydroxylation is 1. The molecule has 3 aromatic heterocycles. The normalized spacial score (nSPS) is 11.3. The molecule has 3 heterocycles. The van der Waals surface area contributed by atoms with Crippen molar-refractivity contribution in [2.24, 2.45) is 5.73 Å². The van der Waals surface area contributed by atoms with Crippen LogP contribution in [0.25, 0.3) is 4.96 Å². The summed E-state index contributed by atoms with van der Waals surface area (Å²) in [6.45, 7) is 3.09. The molecular weight excluding hydrogens is 310 g/mol. The van der Waals surface area contributed by atoms with Gasteiger partial charge in [0.05, 0.1) is 5.69 Å². The number of fused-ring (bicyclic) bond motifs is 1. The maximum Gasteiger partial charge on any atom is 0.275 e. The number of hydrogen-bond donors (Lipinski definition) is 1. The topological polar surface area (TPSA) is 104 Å². The van der Waals surface area contributed by atoms with Crippen LogP contribution in [0.1, 0.15) is 11.5 Å². The van der Waals surface area contributed by atoms with Crippen molar-refractivity contribution in [3.8, 4) is 0 Å². The van der Waals surface area contributed by atoms with E-state index in [1.807, 2.05) is 11.5 Å². The van der Waals surface area contributed by atoms with E-state index >= 15 is 0 Å². The first-order chi connectivity index (χ1) is 10.2. The summed E-state index contributed by atoms with van der Waals surface area (Å²) in [6, 6.07) is 1.50. The molecule has 3 aromatic rings. The lowest BCUT2D eigenvalue weighted by molar-refractivity contribution is 0.627. The van der Waals surface area contributed by atoms with Crippen LogP contribution in [0.3, 0.4) is 0 Å². The number of thioether (sulfide) groups is 1. The van der Waals surface area contributed by atoms with Gasteiger partial charge in [-0.3, -0.25) is 4.79 Å². The molecule has 0 spiro atoms. The van der Waals surface area contributed by atoms with Gasteiger partial charge in [-0.05, 0) is 6.92 Å². The molecule has 0 aliphatic carbocycles. The molecule has 0 aliphatic heterocycles. The third kappa shape index (κ3) is 2.82. The van der Waals surface area contributed by atoms with Gasteiger partial charge in [0.15, 0.2) is 5.16 Å². The van der Waals surface area contributed by atoms with Gasteiger partial charge >= 0.3 is 0 Å². The highest BCUT2D eigenvalue weighted by Crippen LogP contribution is 2.20. The zero-order valence-corrected chi connectivity index (χ0v) is 12.9. The summed E-state index contributed by atoms with van der Waals surface area (Å²) < 4.78 is 3.25. The number of nitrogens with two attached hydrogens (primary N) is 1. The molecule has 0 radical (unpaired) electrons. The third-order valence-corrected chi connectivity index (χ3v) is 4.52. The standard InChI is InChI=1S/C11H13N7OS2/c1-7-15-16-11(17(7)3-2-12)20-5-8-4-9(19)18-10(14-8)21-6-13-18/h4,6H,2-3,5,12H2,1H3. The fourth-order valence-corrected chi connectivity index (χ4v) is 3.41.